The molecule has 1 aliphatic rings. The summed E-state index contributed by atoms with van der Waals surface area (Å²) in [7, 11) is 0. The van der Waals surface area contributed by atoms with Crippen molar-refractivity contribution in [1.82, 2.24) is 0 Å². The number of nitrogens with zero attached hydrogens (tertiary/aromatic N) is 1. The zero-order valence-corrected chi connectivity index (χ0v) is 11.8. The Hall–Kier alpha value is -1.75. The minimum atomic E-state index is -0.617. The van der Waals surface area contributed by atoms with E-state index in [1.165, 1.54) is 23.1 Å². The van der Waals surface area contributed by atoms with Crippen LogP contribution in [-0.2, 0) is 16.1 Å². The van der Waals surface area contributed by atoms with Crippen LogP contribution in [0.5, 0.6) is 0 Å². The molecule has 1 aliphatic heterocycles. The first kappa shape index (κ1) is 14.7. The molecule has 1 aromatic carbocycles. The van der Waals surface area contributed by atoms with Crippen molar-refractivity contribution in [3.63, 3.8) is 0 Å². The second kappa shape index (κ2) is 5.32. The molecule has 0 aromatic heterocycles. The lowest BCUT2D eigenvalue weighted by molar-refractivity contribution is -0.126. The van der Waals surface area contributed by atoms with Gasteiger partial charge in [0.15, 0.2) is 0 Å². The summed E-state index contributed by atoms with van der Waals surface area (Å²) in [6, 6.07) is 4.17. The van der Waals surface area contributed by atoms with Crippen molar-refractivity contribution in [2.24, 2.45) is 11.1 Å². The molecular formula is C15H19FN2O2. The van der Waals surface area contributed by atoms with Crippen LogP contribution in [0.25, 0.3) is 0 Å². The van der Waals surface area contributed by atoms with Gasteiger partial charge in [-0.1, -0.05) is 13.8 Å². The SMILES string of the molecule is CCC1(CC)CC(=O)N(c2ccc(F)c(CN)c2)C1=O. The summed E-state index contributed by atoms with van der Waals surface area (Å²) in [4.78, 5) is 25.9. The van der Waals surface area contributed by atoms with E-state index in [-0.39, 0.29) is 24.8 Å². The monoisotopic (exact) mass is 278 g/mol. The standard InChI is InChI=1S/C15H19FN2O2/c1-3-15(4-2)8-13(19)18(14(15)20)11-5-6-12(16)10(7-11)9-17/h5-7H,3-4,8-9,17H2,1-2H3. The average molecular weight is 278 g/mol. The van der Waals surface area contributed by atoms with Gasteiger partial charge < -0.3 is 5.73 Å². The van der Waals surface area contributed by atoms with Gasteiger partial charge in [-0.05, 0) is 31.0 Å². The number of anilines is 1. The Morgan fingerprint density at radius 2 is 1.95 bits per heavy atom. The quantitative estimate of drug-likeness (QED) is 0.860. The average Bonchev–Trinajstić information content (AvgIpc) is 2.71. The molecule has 20 heavy (non-hydrogen) atoms. The molecule has 5 heteroatoms. The fraction of sp³-hybridized carbons (Fsp3) is 0.467. The van der Waals surface area contributed by atoms with Gasteiger partial charge >= 0.3 is 0 Å². The molecule has 1 heterocycles. The fourth-order valence-corrected chi connectivity index (χ4v) is 2.71. The summed E-state index contributed by atoms with van der Waals surface area (Å²) >= 11 is 0. The van der Waals surface area contributed by atoms with E-state index < -0.39 is 11.2 Å². The maximum Gasteiger partial charge on any atom is 0.240 e. The van der Waals surface area contributed by atoms with E-state index in [0.717, 1.165) is 0 Å². The number of imide groups is 1. The minimum Gasteiger partial charge on any atom is -0.326 e. The van der Waals surface area contributed by atoms with Gasteiger partial charge in [0, 0.05) is 18.5 Å². The summed E-state index contributed by atoms with van der Waals surface area (Å²) < 4.78 is 13.5. The predicted octanol–water partition coefficient (Wildman–Crippen LogP) is 2.35. The van der Waals surface area contributed by atoms with Gasteiger partial charge in [0.1, 0.15) is 5.82 Å². The lowest BCUT2D eigenvalue weighted by Crippen LogP contribution is -2.35. The molecule has 1 fully saturated rings. The zero-order valence-electron chi connectivity index (χ0n) is 11.8. The Labute approximate surface area is 117 Å². The van der Waals surface area contributed by atoms with E-state index in [0.29, 0.717) is 24.1 Å². The maximum atomic E-state index is 13.5. The number of carbonyl (C=O) groups is 2. The van der Waals surface area contributed by atoms with E-state index in [9.17, 15) is 14.0 Å². The molecule has 108 valence electrons. The van der Waals surface area contributed by atoms with Gasteiger partial charge in [0.05, 0.1) is 11.1 Å². The molecular weight excluding hydrogens is 259 g/mol. The van der Waals surface area contributed by atoms with Gasteiger partial charge in [-0.25, -0.2) is 4.39 Å². The Bertz CT molecular complexity index is 553. The van der Waals surface area contributed by atoms with Crippen LogP contribution in [0.4, 0.5) is 10.1 Å². The number of rotatable bonds is 4. The van der Waals surface area contributed by atoms with Crippen LogP contribution in [0.15, 0.2) is 18.2 Å². The number of hydrogen-bond donors (Lipinski definition) is 1. The van der Waals surface area contributed by atoms with E-state index in [1.807, 2.05) is 13.8 Å². The lowest BCUT2D eigenvalue weighted by Gasteiger charge is -2.23. The molecule has 2 N–H and O–H groups in total. The van der Waals surface area contributed by atoms with Gasteiger partial charge in [-0.15, -0.1) is 0 Å². The van der Waals surface area contributed by atoms with Gasteiger partial charge in [-0.2, -0.15) is 0 Å². The normalized spacial score (nSPS) is 17.9. The first-order valence-corrected chi connectivity index (χ1v) is 6.85. The molecule has 0 saturated carbocycles. The molecule has 0 unspecified atom stereocenters. The molecule has 1 saturated heterocycles. The summed E-state index contributed by atoms with van der Waals surface area (Å²) in [5, 5.41) is 0. The highest BCUT2D eigenvalue weighted by molar-refractivity contribution is 6.22. The van der Waals surface area contributed by atoms with E-state index in [4.69, 9.17) is 5.73 Å². The van der Waals surface area contributed by atoms with Crippen molar-refractivity contribution >= 4 is 17.5 Å². The number of halogens is 1. The molecule has 4 nitrogen and oxygen atoms in total. The van der Waals surface area contributed by atoms with Crippen LogP contribution in [0.3, 0.4) is 0 Å². The van der Waals surface area contributed by atoms with Crippen molar-refractivity contribution in [3.05, 3.63) is 29.6 Å². The molecule has 2 rings (SSSR count). The first-order chi connectivity index (χ1) is 9.49. The van der Waals surface area contributed by atoms with Crippen LogP contribution < -0.4 is 10.6 Å². The summed E-state index contributed by atoms with van der Waals surface area (Å²) in [5.41, 5.74) is 5.56. The highest BCUT2D eigenvalue weighted by Crippen LogP contribution is 2.41. The number of amides is 2. The van der Waals surface area contributed by atoms with Crippen LogP contribution in [0.1, 0.15) is 38.7 Å². The molecule has 2 amide bonds. The lowest BCUT2D eigenvalue weighted by atomic mass is 9.81. The highest BCUT2D eigenvalue weighted by Gasteiger charge is 2.49. The van der Waals surface area contributed by atoms with Crippen molar-refractivity contribution in [1.29, 1.82) is 0 Å². The predicted molar refractivity (Wildman–Crippen MR) is 74.4 cm³/mol. The van der Waals surface area contributed by atoms with Crippen molar-refractivity contribution in [3.8, 4) is 0 Å². The zero-order chi connectivity index (χ0) is 14.9. The largest absolute Gasteiger partial charge is 0.326 e. The maximum absolute atomic E-state index is 13.5. The fourth-order valence-electron chi connectivity index (χ4n) is 2.71. The smallest absolute Gasteiger partial charge is 0.240 e. The third-order valence-electron chi connectivity index (χ3n) is 4.26. The second-order valence-electron chi connectivity index (χ2n) is 5.18. The van der Waals surface area contributed by atoms with Crippen LogP contribution in [-0.4, -0.2) is 11.8 Å². The number of benzene rings is 1. The molecule has 0 bridgehead atoms. The van der Waals surface area contributed by atoms with E-state index >= 15 is 0 Å². The van der Waals surface area contributed by atoms with Crippen molar-refractivity contribution in [2.45, 2.75) is 39.7 Å². The third-order valence-corrected chi connectivity index (χ3v) is 4.26. The Kier molecular flexibility index (Phi) is 3.90. The Balaban J connectivity index is 2.43. The molecule has 1 aromatic rings. The molecule has 0 atom stereocenters. The van der Waals surface area contributed by atoms with Gasteiger partial charge in [0.25, 0.3) is 0 Å². The number of carbonyl (C=O) groups excluding carboxylic acids is 2. The van der Waals surface area contributed by atoms with Gasteiger partial charge in [-0.3, -0.25) is 14.5 Å². The molecule has 0 spiro atoms. The summed E-state index contributed by atoms with van der Waals surface area (Å²) in [6.07, 6.45) is 1.46. The molecule has 0 radical (unpaired) electrons. The first-order valence-electron chi connectivity index (χ1n) is 6.85. The van der Waals surface area contributed by atoms with Gasteiger partial charge in [0.2, 0.25) is 11.8 Å². The summed E-state index contributed by atoms with van der Waals surface area (Å²) in [5.74, 6) is -0.844. The highest BCUT2D eigenvalue weighted by atomic mass is 19.1. The van der Waals surface area contributed by atoms with Crippen LogP contribution >= 0.6 is 0 Å². The third kappa shape index (κ3) is 2.12. The van der Waals surface area contributed by atoms with E-state index in [2.05, 4.69) is 0 Å². The molecule has 0 aliphatic carbocycles. The second-order valence-corrected chi connectivity index (χ2v) is 5.18. The van der Waals surface area contributed by atoms with Crippen LogP contribution in [0, 0.1) is 11.2 Å². The Morgan fingerprint density at radius 3 is 2.45 bits per heavy atom. The van der Waals surface area contributed by atoms with Crippen LogP contribution in [0.2, 0.25) is 0 Å². The number of hydrogen-bond acceptors (Lipinski definition) is 3. The topological polar surface area (TPSA) is 63.4 Å². The van der Waals surface area contributed by atoms with E-state index in [1.54, 1.807) is 0 Å². The van der Waals surface area contributed by atoms with Crippen molar-refractivity contribution < 1.29 is 14.0 Å². The number of nitrogens with two attached hydrogens (primary N) is 1. The Morgan fingerprint density at radius 1 is 1.30 bits per heavy atom. The summed E-state index contributed by atoms with van der Waals surface area (Å²) in [6.45, 7) is 3.85. The minimum absolute atomic E-state index is 0.0303. The van der Waals surface area contributed by atoms with Crippen molar-refractivity contribution in [2.75, 3.05) is 4.90 Å².